The summed E-state index contributed by atoms with van der Waals surface area (Å²) in [4.78, 5) is 13.1. The molecule has 23 heavy (non-hydrogen) atoms. The van der Waals surface area contributed by atoms with Crippen LogP contribution in [0.2, 0.25) is 5.02 Å². The second-order valence-electron chi connectivity index (χ2n) is 4.98. The molecule has 0 spiro atoms. The Morgan fingerprint density at radius 2 is 1.91 bits per heavy atom. The summed E-state index contributed by atoms with van der Waals surface area (Å²) in [7, 11) is 0. The van der Waals surface area contributed by atoms with Gasteiger partial charge in [0, 0.05) is 12.0 Å². The summed E-state index contributed by atoms with van der Waals surface area (Å²) in [5.74, 6) is 0.661. The van der Waals surface area contributed by atoms with Gasteiger partial charge in [0.1, 0.15) is 17.1 Å². The van der Waals surface area contributed by atoms with Crippen molar-refractivity contribution in [3.05, 3.63) is 59.4 Å². The van der Waals surface area contributed by atoms with E-state index in [-0.39, 0.29) is 11.5 Å². The Balaban J connectivity index is 2.26. The van der Waals surface area contributed by atoms with E-state index in [1.54, 1.807) is 24.3 Å². The molecule has 1 aromatic heterocycles. The molecule has 6 heteroatoms. The molecule has 0 unspecified atom stereocenters. The first-order valence-electron chi connectivity index (χ1n) is 6.86. The molecule has 118 valence electrons. The van der Waals surface area contributed by atoms with Crippen molar-refractivity contribution in [1.29, 1.82) is 0 Å². The van der Waals surface area contributed by atoms with E-state index in [0.29, 0.717) is 46.4 Å². The highest BCUT2D eigenvalue weighted by Crippen LogP contribution is 2.35. The van der Waals surface area contributed by atoms with Crippen LogP contribution in [0.3, 0.4) is 0 Å². The number of hydrogen-bond donors (Lipinski definition) is 1. The van der Waals surface area contributed by atoms with E-state index in [0.717, 1.165) is 0 Å². The lowest BCUT2D eigenvalue weighted by molar-refractivity contribution is 0.103. The van der Waals surface area contributed by atoms with Gasteiger partial charge in [0.25, 0.3) is 0 Å². The fourth-order valence-corrected chi connectivity index (χ4v) is 4.51. The van der Waals surface area contributed by atoms with E-state index in [2.05, 4.69) is 0 Å². The number of phenolic OH excluding ortho intramolecular Hbond substituents is 1. The van der Waals surface area contributed by atoms with Gasteiger partial charge in [0.15, 0.2) is 5.78 Å². The van der Waals surface area contributed by atoms with Crippen LogP contribution in [-0.4, -0.2) is 10.9 Å². The minimum absolute atomic E-state index is 0.149. The van der Waals surface area contributed by atoms with Crippen LogP contribution in [0, 0.1) is 7.14 Å². The van der Waals surface area contributed by atoms with Gasteiger partial charge in [-0.2, -0.15) is 0 Å². The average Bonchev–Trinajstić information content (AvgIpc) is 2.91. The van der Waals surface area contributed by atoms with E-state index in [1.165, 1.54) is 0 Å². The van der Waals surface area contributed by atoms with Gasteiger partial charge in [-0.25, -0.2) is 0 Å². The lowest BCUT2D eigenvalue weighted by Crippen LogP contribution is -2.05. The number of fused-ring (bicyclic) bond motifs is 1. The predicted octanol–water partition coefficient (Wildman–Crippen LogP) is 5.79. The molecule has 0 fully saturated rings. The maximum absolute atomic E-state index is 13.1. The second kappa shape index (κ2) is 6.60. The Morgan fingerprint density at radius 1 is 1.26 bits per heavy atom. The van der Waals surface area contributed by atoms with Crippen LogP contribution in [-0.2, 0) is 6.42 Å². The van der Waals surface area contributed by atoms with Crippen LogP contribution in [0.1, 0.15) is 28.6 Å². The maximum atomic E-state index is 13.1. The smallest absolute Gasteiger partial charge is 0.197 e. The number of benzene rings is 2. The Bertz CT molecular complexity index is 908. The lowest BCUT2D eigenvalue weighted by atomic mass is 9.99. The largest absolute Gasteiger partial charge is 0.506 e. The van der Waals surface area contributed by atoms with Crippen molar-refractivity contribution in [2.24, 2.45) is 0 Å². The molecule has 0 radical (unpaired) electrons. The lowest BCUT2D eigenvalue weighted by Gasteiger charge is -2.06. The van der Waals surface area contributed by atoms with Crippen LogP contribution in [0.15, 0.2) is 34.7 Å². The summed E-state index contributed by atoms with van der Waals surface area (Å²) in [6.07, 6.45) is 0.596. The Kier molecular flexibility index (Phi) is 4.89. The summed E-state index contributed by atoms with van der Waals surface area (Å²) < 4.78 is 7.07. The zero-order chi connectivity index (χ0) is 16.7. The monoisotopic (exact) mass is 552 g/mol. The summed E-state index contributed by atoms with van der Waals surface area (Å²) >= 11 is 10.3. The molecule has 0 aliphatic heterocycles. The maximum Gasteiger partial charge on any atom is 0.197 e. The van der Waals surface area contributed by atoms with E-state index >= 15 is 0 Å². The topological polar surface area (TPSA) is 50.4 Å². The molecule has 0 atom stereocenters. The van der Waals surface area contributed by atoms with Crippen LogP contribution in [0.25, 0.3) is 11.0 Å². The second-order valence-corrected chi connectivity index (χ2v) is 7.72. The average molecular weight is 553 g/mol. The number of hydrogen-bond acceptors (Lipinski definition) is 3. The number of carbonyl (C=O) groups is 1. The molecular formula is C17H11ClI2O3. The Hall–Kier alpha value is -0.800. The number of halogens is 3. The number of aryl methyl sites for hydroxylation is 1. The minimum Gasteiger partial charge on any atom is -0.506 e. The fraction of sp³-hybridized carbons (Fsp3) is 0.118. The van der Waals surface area contributed by atoms with Gasteiger partial charge < -0.3 is 9.52 Å². The van der Waals surface area contributed by atoms with Crippen molar-refractivity contribution < 1.29 is 14.3 Å². The molecule has 0 amide bonds. The summed E-state index contributed by atoms with van der Waals surface area (Å²) in [5.41, 5.74) is 1.63. The Morgan fingerprint density at radius 3 is 2.52 bits per heavy atom. The molecule has 0 bridgehead atoms. The summed E-state index contributed by atoms with van der Waals surface area (Å²) in [5, 5.41) is 11.0. The van der Waals surface area contributed by atoms with Gasteiger partial charge in [-0.1, -0.05) is 24.6 Å². The first-order chi connectivity index (χ1) is 10.9. The quantitative estimate of drug-likeness (QED) is 0.331. The van der Waals surface area contributed by atoms with Crippen molar-refractivity contribution in [2.75, 3.05) is 0 Å². The van der Waals surface area contributed by atoms with Gasteiger partial charge in [-0.15, -0.1) is 0 Å². The summed E-state index contributed by atoms with van der Waals surface area (Å²) in [6.45, 7) is 1.94. The highest BCUT2D eigenvalue weighted by Gasteiger charge is 2.24. The van der Waals surface area contributed by atoms with Gasteiger partial charge >= 0.3 is 0 Å². The van der Waals surface area contributed by atoms with Crippen LogP contribution >= 0.6 is 56.8 Å². The molecule has 3 rings (SSSR count). The van der Waals surface area contributed by atoms with Crippen molar-refractivity contribution in [2.45, 2.75) is 13.3 Å². The fourth-order valence-electron chi connectivity index (χ4n) is 2.49. The SMILES string of the molecule is CCc1oc2cccc(Cl)c2c1C(=O)c1cc(I)c(O)c(I)c1. The van der Waals surface area contributed by atoms with E-state index in [4.69, 9.17) is 16.0 Å². The van der Waals surface area contributed by atoms with Crippen molar-refractivity contribution in [3.63, 3.8) is 0 Å². The standard InChI is InChI=1S/C17H11ClI2O3/c1-2-12-15(14-9(18)4-3-5-13(14)23-12)16(21)8-6-10(19)17(22)11(20)7-8/h3-7,22H,2H2,1H3. The van der Waals surface area contributed by atoms with E-state index < -0.39 is 0 Å². The number of rotatable bonds is 3. The van der Waals surface area contributed by atoms with Crippen LogP contribution in [0.5, 0.6) is 5.75 Å². The number of phenols is 1. The first kappa shape index (κ1) is 17.0. The van der Waals surface area contributed by atoms with Crippen LogP contribution in [0.4, 0.5) is 0 Å². The van der Waals surface area contributed by atoms with Crippen molar-refractivity contribution in [1.82, 2.24) is 0 Å². The molecule has 1 heterocycles. The highest BCUT2D eigenvalue weighted by atomic mass is 127. The Labute approximate surface area is 165 Å². The van der Waals surface area contributed by atoms with Crippen molar-refractivity contribution in [3.8, 4) is 5.75 Å². The zero-order valence-electron chi connectivity index (χ0n) is 12.0. The molecule has 0 saturated heterocycles. The zero-order valence-corrected chi connectivity index (χ0v) is 17.1. The van der Waals surface area contributed by atoms with Gasteiger partial charge in [0.05, 0.1) is 23.1 Å². The third kappa shape index (κ3) is 2.98. The third-order valence-electron chi connectivity index (χ3n) is 3.56. The molecule has 2 aromatic carbocycles. The van der Waals surface area contributed by atoms with E-state index in [1.807, 2.05) is 58.2 Å². The minimum atomic E-state index is -0.149. The molecule has 0 aliphatic rings. The molecule has 0 aliphatic carbocycles. The normalized spacial score (nSPS) is 11.1. The van der Waals surface area contributed by atoms with E-state index in [9.17, 15) is 9.90 Å². The molecule has 1 N–H and O–H groups in total. The number of aromatic hydroxyl groups is 1. The van der Waals surface area contributed by atoms with Gasteiger partial charge in [-0.05, 0) is 69.4 Å². The van der Waals surface area contributed by atoms with Crippen LogP contribution < -0.4 is 0 Å². The number of furan rings is 1. The number of carbonyl (C=O) groups excluding carboxylic acids is 1. The molecule has 3 nitrogen and oxygen atoms in total. The molecule has 0 saturated carbocycles. The molecule has 3 aromatic rings. The summed E-state index contributed by atoms with van der Waals surface area (Å²) in [6, 6.07) is 8.71. The first-order valence-corrected chi connectivity index (χ1v) is 9.40. The number of ketones is 1. The van der Waals surface area contributed by atoms with Crippen molar-refractivity contribution >= 4 is 73.5 Å². The highest BCUT2D eigenvalue weighted by molar-refractivity contribution is 14.1. The van der Waals surface area contributed by atoms with Gasteiger partial charge in [-0.3, -0.25) is 4.79 Å². The predicted molar refractivity (Wildman–Crippen MR) is 108 cm³/mol. The van der Waals surface area contributed by atoms with Gasteiger partial charge in [0.2, 0.25) is 0 Å². The third-order valence-corrected chi connectivity index (χ3v) is 5.52. The molecular weight excluding hydrogens is 541 g/mol.